The fourth-order valence-corrected chi connectivity index (χ4v) is 3.36. The number of hydrogen-bond donors (Lipinski definition) is 0. The number of benzene rings is 1. The van der Waals surface area contributed by atoms with Gasteiger partial charge in [-0.1, -0.05) is 30.3 Å². The Balaban J connectivity index is 1.46. The summed E-state index contributed by atoms with van der Waals surface area (Å²) in [5, 5.41) is 0. The van der Waals surface area contributed by atoms with Crippen LogP contribution >= 0.6 is 0 Å². The van der Waals surface area contributed by atoms with Crippen LogP contribution in [0.2, 0.25) is 0 Å². The van der Waals surface area contributed by atoms with Gasteiger partial charge in [0.2, 0.25) is 17.7 Å². The Morgan fingerprint density at radius 2 is 1.72 bits per heavy atom. The van der Waals surface area contributed by atoms with Gasteiger partial charge in [-0.2, -0.15) is 0 Å². The molecule has 0 radical (unpaired) electrons. The van der Waals surface area contributed by atoms with Crippen LogP contribution in [-0.4, -0.2) is 71.7 Å². The van der Waals surface area contributed by atoms with Crippen molar-refractivity contribution in [3.63, 3.8) is 0 Å². The van der Waals surface area contributed by atoms with Crippen molar-refractivity contribution in [2.75, 3.05) is 39.3 Å². The van der Waals surface area contributed by atoms with Gasteiger partial charge in [0.05, 0.1) is 13.1 Å². The van der Waals surface area contributed by atoms with Gasteiger partial charge >= 0.3 is 0 Å². The molecular weight excluding hydrogens is 318 g/mol. The lowest BCUT2D eigenvalue weighted by Crippen LogP contribution is -2.55. The van der Waals surface area contributed by atoms with E-state index in [-0.39, 0.29) is 30.8 Å². The van der Waals surface area contributed by atoms with E-state index < -0.39 is 0 Å². The van der Waals surface area contributed by atoms with E-state index in [1.165, 1.54) is 5.56 Å². The largest absolute Gasteiger partial charge is 0.339 e. The number of carbonyl (C=O) groups excluding carboxylic acids is 3. The summed E-state index contributed by atoms with van der Waals surface area (Å²) in [6.45, 7) is 2.66. The third kappa shape index (κ3) is 4.59. The van der Waals surface area contributed by atoms with Crippen LogP contribution in [0.15, 0.2) is 30.3 Å². The Bertz CT molecular complexity index is 632. The van der Waals surface area contributed by atoms with E-state index in [0.717, 1.165) is 19.3 Å². The lowest BCUT2D eigenvalue weighted by atomic mass is 10.1. The first kappa shape index (κ1) is 17.5. The topological polar surface area (TPSA) is 60.9 Å². The van der Waals surface area contributed by atoms with Gasteiger partial charge in [-0.3, -0.25) is 14.4 Å². The van der Waals surface area contributed by atoms with E-state index in [4.69, 9.17) is 0 Å². The van der Waals surface area contributed by atoms with Crippen LogP contribution < -0.4 is 0 Å². The zero-order valence-electron chi connectivity index (χ0n) is 14.5. The van der Waals surface area contributed by atoms with E-state index in [9.17, 15) is 14.4 Å². The van der Waals surface area contributed by atoms with Crippen LogP contribution in [0.3, 0.4) is 0 Å². The summed E-state index contributed by atoms with van der Waals surface area (Å²) in [5.41, 5.74) is 1.21. The Kier molecular flexibility index (Phi) is 5.68. The third-order valence-corrected chi connectivity index (χ3v) is 4.93. The lowest BCUT2D eigenvalue weighted by Gasteiger charge is -2.36. The molecule has 1 aromatic carbocycles. The molecule has 2 heterocycles. The molecule has 134 valence electrons. The van der Waals surface area contributed by atoms with Gasteiger partial charge in [0.25, 0.3) is 0 Å². The van der Waals surface area contributed by atoms with Crippen LogP contribution in [0, 0.1) is 0 Å². The zero-order valence-corrected chi connectivity index (χ0v) is 14.5. The summed E-state index contributed by atoms with van der Waals surface area (Å²) in [7, 11) is 0. The maximum Gasteiger partial charge on any atom is 0.242 e. The second-order valence-corrected chi connectivity index (χ2v) is 6.70. The molecule has 0 bridgehead atoms. The van der Waals surface area contributed by atoms with E-state index in [2.05, 4.69) is 12.1 Å². The molecule has 2 aliphatic rings. The molecule has 0 unspecified atom stereocenters. The summed E-state index contributed by atoms with van der Waals surface area (Å²) in [6, 6.07) is 10.1. The van der Waals surface area contributed by atoms with Crippen LogP contribution in [0.5, 0.6) is 0 Å². The number of nitrogens with zero attached hydrogens (tertiary/aromatic N) is 3. The van der Waals surface area contributed by atoms with Gasteiger partial charge in [-0.25, -0.2) is 0 Å². The number of piperazine rings is 1. The molecular formula is C19H25N3O3. The maximum atomic E-state index is 12.4. The van der Waals surface area contributed by atoms with Crippen molar-refractivity contribution in [3.05, 3.63) is 35.9 Å². The first-order valence-electron chi connectivity index (χ1n) is 9.01. The molecule has 0 atom stereocenters. The second kappa shape index (κ2) is 8.14. The van der Waals surface area contributed by atoms with Crippen molar-refractivity contribution in [1.82, 2.24) is 14.7 Å². The number of hydrogen-bond acceptors (Lipinski definition) is 3. The van der Waals surface area contributed by atoms with Crippen LogP contribution in [-0.2, 0) is 20.8 Å². The molecule has 0 aliphatic carbocycles. The smallest absolute Gasteiger partial charge is 0.242 e. The highest BCUT2D eigenvalue weighted by molar-refractivity contribution is 5.89. The Morgan fingerprint density at radius 1 is 0.920 bits per heavy atom. The number of piperidine rings is 1. The molecule has 0 aromatic heterocycles. The van der Waals surface area contributed by atoms with Crippen molar-refractivity contribution in [1.29, 1.82) is 0 Å². The van der Waals surface area contributed by atoms with Gasteiger partial charge in [0.15, 0.2) is 0 Å². The molecule has 6 heteroatoms. The summed E-state index contributed by atoms with van der Waals surface area (Å²) in [5.74, 6) is -0.0840. The predicted molar refractivity (Wildman–Crippen MR) is 93.7 cm³/mol. The van der Waals surface area contributed by atoms with E-state index >= 15 is 0 Å². The molecule has 2 saturated heterocycles. The Hall–Kier alpha value is -2.37. The predicted octanol–water partition coefficient (Wildman–Crippen LogP) is 0.912. The van der Waals surface area contributed by atoms with Crippen molar-refractivity contribution >= 4 is 17.7 Å². The quantitative estimate of drug-likeness (QED) is 0.798. The van der Waals surface area contributed by atoms with Crippen molar-refractivity contribution in [2.24, 2.45) is 0 Å². The number of amides is 3. The Labute approximate surface area is 148 Å². The highest BCUT2D eigenvalue weighted by Gasteiger charge is 2.29. The number of likely N-dealkylation sites (tertiary alicyclic amines) is 1. The normalized spacial score (nSPS) is 18.6. The number of rotatable bonds is 5. The summed E-state index contributed by atoms with van der Waals surface area (Å²) in [6.07, 6.45) is 3.20. The van der Waals surface area contributed by atoms with Gasteiger partial charge in [-0.15, -0.1) is 0 Å². The van der Waals surface area contributed by atoms with Gasteiger partial charge < -0.3 is 14.7 Å². The van der Waals surface area contributed by atoms with Crippen LogP contribution in [0.4, 0.5) is 0 Å². The standard InChI is InChI=1S/C19H25N3O3/c23-17-8-4-5-10-21(17)15-19(25)22-13-12-20(18(24)14-22)11-9-16-6-2-1-3-7-16/h1-3,6-7H,4-5,8-15H2. The molecule has 0 N–H and O–H groups in total. The molecule has 1 aromatic rings. The fraction of sp³-hybridized carbons (Fsp3) is 0.526. The molecule has 0 spiro atoms. The minimum Gasteiger partial charge on any atom is -0.339 e. The summed E-state index contributed by atoms with van der Waals surface area (Å²) in [4.78, 5) is 41.6. The van der Waals surface area contributed by atoms with Crippen molar-refractivity contribution < 1.29 is 14.4 Å². The van der Waals surface area contributed by atoms with Crippen LogP contribution in [0.25, 0.3) is 0 Å². The van der Waals surface area contributed by atoms with Crippen molar-refractivity contribution in [3.8, 4) is 0 Å². The van der Waals surface area contributed by atoms with E-state index in [1.807, 2.05) is 23.1 Å². The molecule has 6 nitrogen and oxygen atoms in total. The van der Waals surface area contributed by atoms with Crippen molar-refractivity contribution in [2.45, 2.75) is 25.7 Å². The molecule has 2 fully saturated rings. The molecule has 25 heavy (non-hydrogen) atoms. The van der Waals surface area contributed by atoms with E-state index in [1.54, 1.807) is 9.80 Å². The van der Waals surface area contributed by atoms with E-state index in [0.29, 0.717) is 32.6 Å². The fourth-order valence-electron chi connectivity index (χ4n) is 3.36. The molecule has 3 rings (SSSR count). The average molecular weight is 343 g/mol. The first-order valence-corrected chi connectivity index (χ1v) is 9.01. The zero-order chi connectivity index (χ0) is 17.6. The van der Waals surface area contributed by atoms with Crippen LogP contribution in [0.1, 0.15) is 24.8 Å². The molecule has 3 amide bonds. The van der Waals surface area contributed by atoms with Gasteiger partial charge in [-0.05, 0) is 24.8 Å². The number of carbonyl (C=O) groups is 3. The lowest BCUT2D eigenvalue weighted by molar-refractivity contribution is -0.148. The molecule has 2 aliphatic heterocycles. The highest BCUT2D eigenvalue weighted by atomic mass is 16.2. The summed E-state index contributed by atoms with van der Waals surface area (Å²) >= 11 is 0. The third-order valence-electron chi connectivity index (χ3n) is 4.93. The molecule has 0 saturated carbocycles. The van der Waals surface area contributed by atoms with Gasteiger partial charge in [0, 0.05) is 32.6 Å². The monoisotopic (exact) mass is 343 g/mol. The van der Waals surface area contributed by atoms with Gasteiger partial charge in [0.1, 0.15) is 0 Å². The maximum absolute atomic E-state index is 12.4. The SMILES string of the molecule is O=C1CN(C(=O)CN2CCCCC2=O)CCN1CCc1ccccc1. The highest BCUT2D eigenvalue weighted by Crippen LogP contribution is 2.12. The minimum atomic E-state index is -0.119. The first-order chi connectivity index (χ1) is 12.1. The average Bonchev–Trinajstić information content (AvgIpc) is 2.63. The summed E-state index contributed by atoms with van der Waals surface area (Å²) < 4.78 is 0. The Morgan fingerprint density at radius 3 is 2.44 bits per heavy atom. The second-order valence-electron chi connectivity index (χ2n) is 6.70. The minimum absolute atomic E-state index is 0.0134.